The van der Waals surface area contributed by atoms with Crippen LogP contribution in [0.2, 0.25) is 0 Å². The van der Waals surface area contributed by atoms with E-state index >= 15 is 0 Å². The molecule has 1 N–H and O–H groups in total. The molecule has 2 aliphatic rings. The molecule has 0 amide bonds. The molecule has 0 radical (unpaired) electrons. The van der Waals surface area contributed by atoms with Gasteiger partial charge in [-0.05, 0) is 12.8 Å². The predicted octanol–water partition coefficient (Wildman–Crippen LogP) is 0.248. The number of alkyl halides is 1. The highest BCUT2D eigenvalue weighted by Crippen LogP contribution is 2.37. The average Bonchev–Trinajstić information content (AvgIpc) is 2.60. The van der Waals surface area contributed by atoms with E-state index in [9.17, 15) is 9.18 Å². The molecule has 1 aliphatic carbocycles. The zero-order valence-corrected chi connectivity index (χ0v) is 6.92. The smallest absolute Gasteiger partial charge is 0.323 e. The summed E-state index contributed by atoms with van der Waals surface area (Å²) in [7, 11) is 1.34. The zero-order valence-electron chi connectivity index (χ0n) is 6.92. The van der Waals surface area contributed by atoms with E-state index in [2.05, 4.69) is 10.1 Å². The molecular weight excluding hydrogens is 161 g/mol. The van der Waals surface area contributed by atoms with Gasteiger partial charge >= 0.3 is 5.97 Å². The minimum atomic E-state index is -0.819. The number of nitrogens with one attached hydrogen (secondary N) is 1. The molecule has 68 valence electrons. The molecule has 1 aliphatic heterocycles. The Morgan fingerprint density at radius 1 is 1.58 bits per heavy atom. The minimum Gasteiger partial charge on any atom is -0.468 e. The monoisotopic (exact) mass is 173 g/mol. The van der Waals surface area contributed by atoms with Crippen LogP contribution in [0.5, 0.6) is 0 Å². The van der Waals surface area contributed by atoms with Crippen LogP contribution in [-0.2, 0) is 9.53 Å². The van der Waals surface area contributed by atoms with Crippen LogP contribution in [-0.4, -0.2) is 31.3 Å². The molecule has 4 heteroatoms. The molecule has 3 nitrogen and oxygen atoms in total. The third kappa shape index (κ3) is 1.02. The van der Waals surface area contributed by atoms with Gasteiger partial charge in [-0.15, -0.1) is 0 Å². The van der Waals surface area contributed by atoms with Crippen molar-refractivity contribution >= 4 is 5.97 Å². The molecule has 12 heavy (non-hydrogen) atoms. The lowest BCUT2D eigenvalue weighted by molar-refractivity contribution is -0.144. The van der Waals surface area contributed by atoms with Gasteiger partial charge in [-0.3, -0.25) is 4.79 Å². The summed E-state index contributed by atoms with van der Waals surface area (Å²) >= 11 is 0. The first-order chi connectivity index (χ1) is 5.72. The summed E-state index contributed by atoms with van der Waals surface area (Å²) in [6.45, 7) is 0. The van der Waals surface area contributed by atoms with Crippen LogP contribution in [0.3, 0.4) is 0 Å². The Bertz CT molecular complexity index is 209. The Morgan fingerprint density at radius 3 is 2.83 bits per heavy atom. The molecule has 4 atom stereocenters. The fourth-order valence-corrected chi connectivity index (χ4v) is 2.25. The lowest BCUT2D eigenvalue weighted by Gasteiger charge is -2.23. The van der Waals surface area contributed by atoms with E-state index in [1.165, 1.54) is 7.11 Å². The Kier molecular flexibility index (Phi) is 1.79. The van der Waals surface area contributed by atoms with Crippen LogP contribution in [0.15, 0.2) is 0 Å². The van der Waals surface area contributed by atoms with E-state index < -0.39 is 12.2 Å². The molecule has 2 rings (SSSR count). The lowest BCUT2D eigenvalue weighted by atomic mass is 9.98. The molecule has 2 bridgehead atoms. The zero-order chi connectivity index (χ0) is 8.72. The summed E-state index contributed by atoms with van der Waals surface area (Å²) in [5.74, 6) is -0.479. The number of hydrogen-bond acceptors (Lipinski definition) is 3. The summed E-state index contributed by atoms with van der Waals surface area (Å²) in [6.07, 6.45) is 0.513. The van der Waals surface area contributed by atoms with E-state index in [0.29, 0.717) is 6.42 Å². The number of halogens is 1. The molecule has 0 unspecified atom stereocenters. The first-order valence-electron chi connectivity index (χ1n) is 4.20. The summed E-state index contributed by atoms with van der Waals surface area (Å²) in [6, 6.07) is -0.210. The number of rotatable bonds is 1. The molecular formula is C8H12FNO2. The van der Waals surface area contributed by atoms with Gasteiger partial charge in [0.1, 0.15) is 12.2 Å². The minimum absolute atomic E-state index is 0.151. The maximum absolute atomic E-state index is 13.1. The number of hydrogen-bond donors (Lipinski definition) is 1. The van der Waals surface area contributed by atoms with Crippen LogP contribution in [0.4, 0.5) is 4.39 Å². The largest absolute Gasteiger partial charge is 0.468 e. The number of ether oxygens (including phenoxy) is 1. The van der Waals surface area contributed by atoms with Crippen LogP contribution >= 0.6 is 0 Å². The van der Waals surface area contributed by atoms with E-state index in [4.69, 9.17) is 0 Å². The van der Waals surface area contributed by atoms with Crippen molar-refractivity contribution in [1.29, 1.82) is 0 Å². The third-order valence-electron chi connectivity index (χ3n) is 2.83. The highest BCUT2D eigenvalue weighted by molar-refractivity contribution is 5.77. The number of fused-ring (bicyclic) bond motifs is 2. The number of carbonyl (C=O) groups is 1. The fraction of sp³-hybridized carbons (Fsp3) is 0.875. The van der Waals surface area contributed by atoms with E-state index in [1.54, 1.807) is 0 Å². The van der Waals surface area contributed by atoms with Gasteiger partial charge in [0.15, 0.2) is 0 Å². The molecule has 0 aromatic carbocycles. The number of piperidine rings is 1. The van der Waals surface area contributed by atoms with Gasteiger partial charge in [-0.2, -0.15) is 0 Å². The van der Waals surface area contributed by atoms with Crippen molar-refractivity contribution in [3.8, 4) is 0 Å². The van der Waals surface area contributed by atoms with Gasteiger partial charge in [-0.1, -0.05) is 0 Å². The van der Waals surface area contributed by atoms with Gasteiger partial charge in [0.05, 0.1) is 7.11 Å². The summed E-state index contributed by atoms with van der Waals surface area (Å²) in [5.41, 5.74) is 0. The molecule has 0 aromatic rings. The Hall–Kier alpha value is -0.640. The first-order valence-corrected chi connectivity index (χ1v) is 4.20. The first kappa shape index (κ1) is 7.98. The molecule has 1 saturated carbocycles. The highest BCUT2D eigenvalue weighted by Gasteiger charge is 2.49. The van der Waals surface area contributed by atoms with Crippen molar-refractivity contribution in [2.75, 3.05) is 7.11 Å². The quantitative estimate of drug-likeness (QED) is 0.577. The fourth-order valence-electron chi connectivity index (χ4n) is 2.25. The van der Waals surface area contributed by atoms with Gasteiger partial charge in [0, 0.05) is 12.0 Å². The van der Waals surface area contributed by atoms with Crippen LogP contribution < -0.4 is 5.32 Å². The lowest BCUT2D eigenvalue weighted by Crippen LogP contribution is -2.46. The molecule has 1 heterocycles. The summed E-state index contributed by atoms with van der Waals surface area (Å²) in [5, 5.41) is 3.06. The van der Waals surface area contributed by atoms with Gasteiger partial charge in [0.25, 0.3) is 0 Å². The van der Waals surface area contributed by atoms with E-state index in [1.807, 2.05) is 0 Å². The van der Waals surface area contributed by atoms with Crippen LogP contribution in [0.25, 0.3) is 0 Å². The number of methoxy groups -OCH3 is 1. The Morgan fingerprint density at radius 2 is 2.33 bits per heavy atom. The maximum atomic E-state index is 13.1. The normalized spacial score (nSPS) is 44.8. The predicted molar refractivity (Wildman–Crippen MR) is 40.3 cm³/mol. The van der Waals surface area contributed by atoms with E-state index in [0.717, 1.165) is 6.42 Å². The van der Waals surface area contributed by atoms with Gasteiger partial charge < -0.3 is 10.1 Å². The average molecular weight is 173 g/mol. The topological polar surface area (TPSA) is 38.3 Å². The third-order valence-corrected chi connectivity index (χ3v) is 2.83. The van der Waals surface area contributed by atoms with Crippen molar-refractivity contribution in [2.45, 2.75) is 31.1 Å². The highest BCUT2D eigenvalue weighted by atomic mass is 19.1. The van der Waals surface area contributed by atoms with Crippen LogP contribution in [0.1, 0.15) is 12.8 Å². The molecule has 1 saturated heterocycles. The summed E-state index contributed by atoms with van der Waals surface area (Å²) in [4.78, 5) is 11.1. The molecule has 0 spiro atoms. The van der Waals surface area contributed by atoms with Crippen molar-refractivity contribution in [3.63, 3.8) is 0 Å². The molecule has 0 aromatic heterocycles. The van der Waals surface area contributed by atoms with Crippen molar-refractivity contribution < 1.29 is 13.9 Å². The Balaban J connectivity index is 2.07. The van der Waals surface area contributed by atoms with Crippen LogP contribution in [0, 0.1) is 5.92 Å². The summed E-state index contributed by atoms with van der Waals surface area (Å²) < 4.78 is 17.7. The second-order valence-corrected chi connectivity index (χ2v) is 3.52. The van der Waals surface area contributed by atoms with Gasteiger partial charge in [-0.25, -0.2) is 4.39 Å². The van der Waals surface area contributed by atoms with Crippen molar-refractivity contribution in [2.24, 2.45) is 5.92 Å². The standard InChI is InChI=1S/C8H12FNO2/c1-12-8(11)7-5-2-4(10-7)3-6(5)9/h4-7,10H,2-3H2,1H3/t4-,5-,6+,7+/m1/s1. The van der Waals surface area contributed by atoms with E-state index in [-0.39, 0.29) is 17.9 Å². The van der Waals surface area contributed by atoms with Crippen molar-refractivity contribution in [1.82, 2.24) is 5.32 Å². The molecule has 2 fully saturated rings. The Labute approximate surface area is 70.3 Å². The number of carbonyl (C=O) groups excluding carboxylic acids is 1. The number of esters is 1. The maximum Gasteiger partial charge on any atom is 0.323 e. The second kappa shape index (κ2) is 2.69. The van der Waals surface area contributed by atoms with Gasteiger partial charge in [0.2, 0.25) is 0 Å². The van der Waals surface area contributed by atoms with Crippen molar-refractivity contribution in [3.05, 3.63) is 0 Å². The SMILES string of the molecule is COC(=O)[C@H]1N[C@@H]2C[C@@H]1[C@@H](F)C2. The second-order valence-electron chi connectivity index (χ2n) is 3.52.